The summed E-state index contributed by atoms with van der Waals surface area (Å²) in [5.41, 5.74) is -0.577. The Labute approximate surface area is 78.0 Å². The Balaban J connectivity index is 2.01. The number of likely N-dealkylation sites (tertiary alicyclic amines) is 1. The van der Waals surface area contributed by atoms with E-state index >= 15 is 0 Å². The van der Waals surface area contributed by atoms with Gasteiger partial charge in [0.05, 0.1) is 11.9 Å². The summed E-state index contributed by atoms with van der Waals surface area (Å²) >= 11 is 0. The van der Waals surface area contributed by atoms with Crippen molar-refractivity contribution < 1.29 is 9.52 Å². The fourth-order valence-electron chi connectivity index (χ4n) is 1.94. The van der Waals surface area contributed by atoms with Crippen molar-refractivity contribution in [2.45, 2.75) is 18.4 Å². The first-order chi connectivity index (χ1) is 6.18. The van der Waals surface area contributed by atoms with E-state index in [0.29, 0.717) is 6.42 Å². The predicted octanol–water partition coefficient (Wildman–Crippen LogP) is 0.889. The molecular formula is C10H15NO2. The van der Waals surface area contributed by atoms with Crippen LogP contribution in [0.5, 0.6) is 0 Å². The summed E-state index contributed by atoms with van der Waals surface area (Å²) in [6.07, 6.45) is 3.12. The molecule has 0 aromatic carbocycles. The summed E-state index contributed by atoms with van der Waals surface area (Å²) in [4.78, 5) is 2.14. The van der Waals surface area contributed by atoms with Gasteiger partial charge in [-0.15, -0.1) is 0 Å². The molecule has 1 fully saturated rings. The van der Waals surface area contributed by atoms with Crippen molar-refractivity contribution in [3.63, 3.8) is 0 Å². The first kappa shape index (κ1) is 8.78. The van der Waals surface area contributed by atoms with Gasteiger partial charge >= 0.3 is 0 Å². The Morgan fingerprint density at radius 3 is 3.08 bits per heavy atom. The highest BCUT2D eigenvalue weighted by Crippen LogP contribution is 2.24. The van der Waals surface area contributed by atoms with Crippen LogP contribution in [0.15, 0.2) is 22.8 Å². The second kappa shape index (κ2) is 3.16. The van der Waals surface area contributed by atoms with Crippen LogP contribution in [0.3, 0.4) is 0 Å². The maximum absolute atomic E-state index is 10.1. The van der Waals surface area contributed by atoms with Crippen LogP contribution in [0.2, 0.25) is 0 Å². The standard InChI is InChI=1S/C10H15NO2/c1-11-5-4-10(12,8-11)7-9-3-2-6-13-9/h2-3,6,12H,4-5,7-8H2,1H3. The van der Waals surface area contributed by atoms with E-state index < -0.39 is 5.60 Å². The van der Waals surface area contributed by atoms with Crippen LogP contribution < -0.4 is 0 Å². The normalized spacial score (nSPS) is 29.7. The second-order valence-corrected chi connectivity index (χ2v) is 3.97. The van der Waals surface area contributed by atoms with Crippen molar-refractivity contribution in [3.05, 3.63) is 24.2 Å². The average molecular weight is 181 g/mol. The summed E-state index contributed by atoms with van der Waals surface area (Å²) in [6, 6.07) is 3.77. The van der Waals surface area contributed by atoms with Crippen molar-refractivity contribution in [3.8, 4) is 0 Å². The molecule has 1 aromatic rings. The van der Waals surface area contributed by atoms with Crippen molar-refractivity contribution >= 4 is 0 Å². The number of hydrogen-bond acceptors (Lipinski definition) is 3. The van der Waals surface area contributed by atoms with Gasteiger partial charge in [-0.2, -0.15) is 0 Å². The molecule has 0 bridgehead atoms. The van der Waals surface area contributed by atoms with Crippen LogP contribution in [0.1, 0.15) is 12.2 Å². The van der Waals surface area contributed by atoms with Crippen molar-refractivity contribution in [2.75, 3.05) is 20.1 Å². The minimum absolute atomic E-state index is 0.577. The largest absolute Gasteiger partial charge is 0.469 e. The number of furan rings is 1. The zero-order valence-corrected chi connectivity index (χ0v) is 7.86. The lowest BCUT2D eigenvalue weighted by Crippen LogP contribution is -2.34. The fourth-order valence-corrected chi connectivity index (χ4v) is 1.94. The summed E-state index contributed by atoms with van der Waals surface area (Å²) in [5, 5.41) is 10.1. The second-order valence-electron chi connectivity index (χ2n) is 3.97. The van der Waals surface area contributed by atoms with Gasteiger partial charge < -0.3 is 14.4 Å². The lowest BCUT2D eigenvalue weighted by Gasteiger charge is -2.20. The molecule has 72 valence electrons. The van der Waals surface area contributed by atoms with Gasteiger partial charge in [0, 0.05) is 19.5 Å². The summed E-state index contributed by atoms with van der Waals surface area (Å²) < 4.78 is 5.22. The van der Waals surface area contributed by atoms with Gasteiger partial charge in [-0.25, -0.2) is 0 Å². The Morgan fingerprint density at radius 2 is 2.54 bits per heavy atom. The predicted molar refractivity (Wildman–Crippen MR) is 49.5 cm³/mol. The van der Waals surface area contributed by atoms with E-state index in [1.165, 1.54) is 0 Å². The Kier molecular flexibility index (Phi) is 2.14. The van der Waals surface area contributed by atoms with Crippen LogP contribution in [-0.2, 0) is 6.42 Å². The highest BCUT2D eigenvalue weighted by Gasteiger charge is 2.35. The highest BCUT2D eigenvalue weighted by molar-refractivity contribution is 5.05. The molecule has 1 aromatic heterocycles. The Hall–Kier alpha value is -0.800. The Morgan fingerprint density at radius 1 is 1.69 bits per heavy atom. The minimum Gasteiger partial charge on any atom is -0.469 e. The third-order valence-electron chi connectivity index (χ3n) is 2.61. The molecule has 3 nitrogen and oxygen atoms in total. The van der Waals surface area contributed by atoms with Crippen molar-refractivity contribution in [2.24, 2.45) is 0 Å². The van der Waals surface area contributed by atoms with Gasteiger partial charge in [-0.1, -0.05) is 0 Å². The van der Waals surface area contributed by atoms with Gasteiger partial charge in [0.1, 0.15) is 5.76 Å². The molecule has 0 radical (unpaired) electrons. The van der Waals surface area contributed by atoms with Gasteiger partial charge in [-0.05, 0) is 25.6 Å². The number of likely N-dealkylation sites (N-methyl/N-ethyl adjacent to an activating group) is 1. The minimum atomic E-state index is -0.577. The first-order valence-electron chi connectivity index (χ1n) is 4.61. The molecule has 1 aliphatic rings. The summed E-state index contributed by atoms with van der Waals surface area (Å²) in [7, 11) is 2.03. The van der Waals surface area contributed by atoms with Gasteiger partial charge in [-0.3, -0.25) is 0 Å². The molecule has 0 saturated carbocycles. The quantitative estimate of drug-likeness (QED) is 0.736. The van der Waals surface area contributed by atoms with E-state index in [9.17, 15) is 5.11 Å². The topological polar surface area (TPSA) is 36.6 Å². The maximum Gasteiger partial charge on any atom is 0.106 e. The molecule has 13 heavy (non-hydrogen) atoms. The average Bonchev–Trinajstić information content (AvgIpc) is 2.62. The monoisotopic (exact) mass is 181 g/mol. The number of nitrogens with zero attached hydrogens (tertiary/aromatic N) is 1. The first-order valence-corrected chi connectivity index (χ1v) is 4.61. The van der Waals surface area contributed by atoms with E-state index in [-0.39, 0.29) is 0 Å². The zero-order valence-electron chi connectivity index (χ0n) is 7.86. The van der Waals surface area contributed by atoms with Crippen LogP contribution in [0, 0.1) is 0 Å². The van der Waals surface area contributed by atoms with E-state index in [4.69, 9.17) is 4.42 Å². The van der Waals surface area contributed by atoms with Gasteiger partial charge in [0.15, 0.2) is 0 Å². The summed E-state index contributed by atoms with van der Waals surface area (Å²) in [6.45, 7) is 1.71. The summed E-state index contributed by atoms with van der Waals surface area (Å²) in [5.74, 6) is 0.873. The number of hydrogen-bond donors (Lipinski definition) is 1. The molecule has 2 heterocycles. The van der Waals surface area contributed by atoms with Crippen LogP contribution in [0.4, 0.5) is 0 Å². The van der Waals surface area contributed by atoms with Crippen LogP contribution in [-0.4, -0.2) is 35.7 Å². The molecular weight excluding hydrogens is 166 g/mol. The van der Waals surface area contributed by atoms with Gasteiger partial charge in [0.2, 0.25) is 0 Å². The molecule has 1 unspecified atom stereocenters. The van der Waals surface area contributed by atoms with E-state index in [1.807, 2.05) is 19.2 Å². The van der Waals surface area contributed by atoms with Crippen molar-refractivity contribution in [1.29, 1.82) is 0 Å². The molecule has 1 saturated heterocycles. The molecule has 0 aliphatic carbocycles. The molecule has 2 rings (SSSR count). The number of aliphatic hydroxyl groups is 1. The highest BCUT2D eigenvalue weighted by atomic mass is 16.3. The fraction of sp³-hybridized carbons (Fsp3) is 0.600. The maximum atomic E-state index is 10.1. The third-order valence-corrected chi connectivity index (χ3v) is 2.61. The lowest BCUT2D eigenvalue weighted by atomic mass is 9.97. The molecule has 1 atom stereocenters. The van der Waals surface area contributed by atoms with Crippen LogP contribution >= 0.6 is 0 Å². The smallest absolute Gasteiger partial charge is 0.106 e. The van der Waals surface area contributed by atoms with E-state index in [1.54, 1.807) is 6.26 Å². The molecule has 0 amide bonds. The number of β-amino-alcohol motifs (C(OH)–C–C–N with tert-alkyl or cyclic N) is 1. The molecule has 1 N–H and O–H groups in total. The van der Waals surface area contributed by atoms with Crippen LogP contribution in [0.25, 0.3) is 0 Å². The Bertz CT molecular complexity index is 270. The zero-order chi connectivity index (χ0) is 9.31. The molecule has 0 spiro atoms. The SMILES string of the molecule is CN1CCC(O)(Cc2ccco2)C1. The van der Waals surface area contributed by atoms with Gasteiger partial charge in [0.25, 0.3) is 0 Å². The number of rotatable bonds is 2. The molecule has 3 heteroatoms. The molecule has 1 aliphatic heterocycles. The van der Waals surface area contributed by atoms with E-state index in [2.05, 4.69) is 4.90 Å². The lowest BCUT2D eigenvalue weighted by molar-refractivity contribution is 0.0473. The van der Waals surface area contributed by atoms with Crippen molar-refractivity contribution in [1.82, 2.24) is 4.90 Å². The van der Waals surface area contributed by atoms with E-state index in [0.717, 1.165) is 25.3 Å². The third kappa shape index (κ3) is 1.92.